The zero-order chi connectivity index (χ0) is 15.6. The van der Waals surface area contributed by atoms with E-state index in [1.807, 2.05) is 11.8 Å². The summed E-state index contributed by atoms with van der Waals surface area (Å²) in [5, 5.41) is 1.33. The first-order valence-electron chi connectivity index (χ1n) is 8.01. The predicted molar refractivity (Wildman–Crippen MR) is 99.0 cm³/mol. The van der Waals surface area contributed by atoms with Crippen molar-refractivity contribution in [2.45, 2.75) is 16.2 Å². The van der Waals surface area contributed by atoms with E-state index in [4.69, 9.17) is 0 Å². The fourth-order valence-electron chi connectivity index (χ4n) is 3.07. The molecule has 0 radical (unpaired) electrons. The Kier molecular flexibility index (Phi) is 3.98. The lowest BCUT2D eigenvalue weighted by molar-refractivity contribution is 0.370. The second-order valence-corrected chi connectivity index (χ2v) is 7.21. The summed E-state index contributed by atoms with van der Waals surface area (Å²) in [6, 6.07) is 17.3. The van der Waals surface area contributed by atoms with E-state index in [1.165, 1.54) is 31.8 Å². The third-order valence-electron chi connectivity index (χ3n) is 4.39. The molecule has 0 aliphatic carbocycles. The Morgan fingerprint density at radius 1 is 1.04 bits per heavy atom. The Balaban J connectivity index is 1.69. The van der Waals surface area contributed by atoms with Crippen molar-refractivity contribution in [3.05, 3.63) is 66.4 Å². The number of hydrogen-bond donors (Lipinski definition) is 1. The van der Waals surface area contributed by atoms with E-state index in [-0.39, 0.29) is 0 Å². The first-order chi connectivity index (χ1) is 11.3. The number of aromatic amines is 1. The normalized spacial score (nSPS) is 15.8. The van der Waals surface area contributed by atoms with Crippen LogP contribution >= 0.6 is 11.8 Å². The van der Waals surface area contributed by atoms with Gasteiger partial charge in [0.2, 0.25) is 0 Å². The summed E-state index contributed by atoms with van der Waals surface area (Å²) in [6.45, 7) is 2.18. The van der Waals surface area contributed by atoms with E-state index in [0.717, 1.165) is 19.5 Å². The zero-order valence-electron chi connectivity index (χ0n) is 13.3. The number of nitrogens with one attached hydrogen (secondary N) is 1. The van der Waals surface area contributed by atoms with Crippen molar-refractivity contribution < 1.29 is 0 Å². The fraction of sp³-hybridized carbons (Fsp3) is 0.200. The quantitative estimate of drug-likeness (QED) is 0.729. The molecule has 0 unspecified atom stereocenters. The van der Waals surface area contributed by atoms with Gasteiger partial charge in [0.1, 0.15) is 0 Å². The van der Waals surface area contributed by atoms with Crippen molar-refractivity contribution in [2.75, 3.05) is 20.1 Å². The minimum absolute atomic E-state index is 1.04. The van der Waals surface area contributed by atoms with Crippen molar-refractivity contribution in [3.63, 3.8) is 0 Å². The molecule has 1 aliphatic rings. The number of fused-ring (bicyclic) bond motifs is 1. The molecule has 0 atom stereocenters. The first kappa shape index (κ1) is 14.6. The highest BCUT2D eigenvalue weighted by Crippen LogP contribution is 2.34. The molecule has 1 N–H and O–H groups in total. The van der Waals surface area contributed by atoms with Gasteiger partial charge < -0.3 is 9.88 Å². The Morgan fingerprint density at radius 3 is 2.70 bits per heavy atom. The molecular weight excluding hydrogens is 300 g/mol. The second kappa shape index (κ2) is 6.26. The molecule has 0 fully saturated rings. The van der Waals surface area contributed by atoms with Crippen LogP contribution < -0.4 is 0 Å². The Bertz CT molecular complexity index is 848. The van der Waals surface area contributed by atoms with Crippen LogP contribution in [-0.2, 0) is 0 Å². The van der Waals surface area contributed by atoms with E-state index < -0.39 is 0 Å². The molecule has 2 heterocycles. The standard InChI is InChI=1S/C20H20N2S/c1-22-11-9-15(10-12-22)19-14-21-20-8-7-17(13-18(19)20)23-16-5-3-2-4-6-16/h2-9,13-14,21H,10-12H2,1H3. The first-order valence-corrected chi connectivity index (χ1v) is 8.83. The summed E-state index contributed by atoms with van der Waals surface area (Å²) in [5.74, 6) is 0. The second-order valence-electron chi connectivity index (χ2n) is 6.07. The van der Waals surface area contributed by atoms with Crippen LogP contribution in [0, 0.1) is 0 Å². The lowest BCUT2D eigenvalue weighted by Crippen LogP contribution is -2.23. The maximum absolute atomic E-state index is 3.42. The van der Waals surface area contributed by atoms with Gasteiger partial charge in [0.25, 0.3) is 0 Å². The topological polar surface area (TPSA) is 19.0 Å². The van der Waals surface area contributed by atoms with Gasteiger partial charge in [-0.2, -0.15) is 0 Å². The molecule has 3 heteroatoms. The van der Waals surface area contributed by atoms with Crippen molar-refractivity contribution >= 4 is 28.2 Å². The third-order valence-corrected chi connectivity index (χ3v) is 5.39. The minimum Gasteiger partial charge on any atom is -0.361 e. The number of likely N-dealkylation sites (N-methyl/N-ethyl adjacent to an activating group) is 1. The van der Waals surface area contributed by atoms with Crippen LogP contribution in [0.4, 0.5) is 0 Å². The number of H-pyrrole nitrogens is 1. The summed E-state index contributed by atoms with van der Waals surface area (Å²) in [5.41, 5.74) is 4.05. The highest BCUT2D eigenvalue weighted by Gasteiger charge is 2.13. The smallest absolute Gasteiger partial charge is 0.0461 e. The van der Waals surface area contributed by atoms with Crippen LogP contribution in [0.2, 0.25) is 0 Å². The van der Waals surface area contributed by atoms with Gasteiger partial charge >= 0.3 is 0 Å². The van der Waals surface area contributed by atoms with Crippen LogP contribution in [0.5, 0.6) is 0 Å². The van der Waals surface area contributed by atoms with Gasteiger partial charge in [0.15, 0.2) is 0 Å². The average molecular weight is 320 g/mol. The van der Waals surface area contributed by atoms with Crippen LogP contribution in [0.3, 0.4) is 0 Å². The Hall–Kier alpha value is -1.97. The van der Waals surface area contributed by atoms with Crippen molar-refractivity contribution in [1.82, 2.24) is 9.88 Å². The Labute approximate surface area is 141 Å². The van der Waals surface area contributed by atoms with Gasteiger partial charge in [-0.05, 0) is 49.4 Å². The summed E-state index contributed by atoms with van der Waals surface area (Å²) < 4.78 is 0. The lowest BCUT2D eigenvalue weighted by Gasteiger charge is -2.21. The SMILES string of the molecule is CN1CC=C(c2c[nH]c3ccc(Sc4ccccc4)cc23)CC1. The Morgan fingerprint density at radius 2 is 1.91 bits per heavy atom. The predicted octanol–water partition coefficient (Wildman–Crippen LogP) is 5.04. The summed E-state index contributed by atoms with van der Waals surface area (Å²) in [6.07, 6.45) is 5.65. The van der Waals surface area contributed by atoms with Gasteiger partial charge in [-0.3, -0.25) is 0 Å². The number of aromatic nitrogens is 1. The summed E-state index contributed by atoms with van der Waals surface area (Å²) >= 11 is 1.82. The summed E-state index contributed by atoms with van der Waals surface area (Å²) in [4.78, 5) is 8.35. The highest BCUT2D eigenvalue weighted by molar-refractivity contribution is 7.99. The molecule has 3 aromatic rings. The van der Waals surface area contributed by atoms with Crippen molar-refractivity contribution in [2.24, 2.45) is 0 Å². The van der Waals surface area contributed by atoms with E-state index in [0.29, 0.717) is 0 Å². The molecule has 2 aromatic carbocycles. The van der Waals surface area contributed by atoms with Gasteiger partial charge in [-0.25, -0.2) is 0 Å². The van der Waals surface area contributed by atoms with E-state index >= 15 is 0 Å². The van der Waals surface area contributed by atoms with Gasteiger partial charge in [-0.1, -0.05) is 36.0 Å². The molecule has 0 saturated carbocycles. The maximum atomic E-state index is 3.42. The zero-order valence-corrected chi connectivity index (χ0v) is 14.1. The van der Waals surface area contributed by atoms with Crippen LogP contribution in [0.25, 0.3) is 16.5 Å². The van der Waals surface area contributed by atoms with Gasteiger partial charge in [0.05, 0.1) is 0 Å². The van der Waals surface area contributed by atoms with Crippen molar-refractivity contribution in [3.8, 4) is 0 Å². The molecular formula is C20H20N2S. The number of rotatable bonds is 3. The van der Waals surface area contributed by atoms with Crippen LogP contribution in [-0.4, -0.2) is 30.0 Å². The van der Waals surface area contributed by atoms with Crippen LogP contribution in [0.1, 0.15) is 12.0 Å². The molecule has 0 saturated heterocycles. The third kappa shape index (κ3) is 3.07. The highest BCUT2D eigenvalue weighted by atomic mass is 32.2. The maximum Gasteiger partial charge on any atom is 0.0461 e. The molecule has 0 amide bonds. The van der Waals surface area contributed by atoms with E-state index in [2.05, 4.69) is 77.7 Å². The number of nitrogens with zero attached hydrogens (tertiary/aromatic N) is 1. The molecule has 4 rings (SSSR count). The largest absolute Gasteiger partial charge is 0.361 e. The molecule has 23 heavy (non-hydrogen) atoms. The number of benzene rings is 2. The molecule has 2 nitrogen and oxygen atoms in total. The molecule has 116 valence electrons. The molecule has 0 bridgehead atoms. The molecule has 0 spiro atoms. The molecule has 1 aromatic heterocycles. The van der Waals surface area contributed by atoms with Gasteiger partial charge in [0, 0.05) is 45.5 Å². The van der Waals surface area contributed by atoms with E-state index in [1.54, 1.807) is 0 Å². The number of hydrogen-bond acceptors (Lipinski definition) is 2. The summed E-state index contributed by atoms with van der Waals surface area (Å²) in [7, 11) is 2.18. The van der Waals surface area contributed by atoms with Gasteiger partial charge in [-0.15, -0.1) is 0 Å². The minimum atomic E-state index is 1.04. The van der Waals surface area contributed by atoms with E-state index in [9.17, 15) is 0 Å². The average Bonchev–Trinajstić information content (AvgIpc) is 3.00. The molecule has 1 aliphatic heterocycles. The van der Waals surface area contributed by atoms with Crippen molar-refractivity contribution in [1.29, 1.82) is 0 Å². The van der Waals surface area contributed by atoms with Crippen LogP contribution in [0.15, 0.2) is 70.6 Å². The lowest BCUT2D eigenvalue weighted by atomic mass is 9.99. The fourth-order valence-corrected chi connectivity index (χ4v) is 3.95. The monoisotopic (exact) mass is 320 g/mol.